The molecule has 0 spiro atoms. The maximum Gasteiger partial charge on any atom is 0.226 e. The minimum absolute atomic E-state index is 0.162. The quantitative estimate of drug-likeness (QED) is 0.160. The smallest absolute Gasteiger partial charge is 0.226 e. The molecule has 0 saturated heterocycles. The molecule has 6 rings (SSSR count). The molecule has 0 unspecified atom stereocenters. The first-order valence-corrected chi connectivity index (χ1v) is 14.2. The lowest BCUT2D eigenvalue weighted by atomic mass is 10.0. The highest BCUT2D eigenvalue weighted by Gasteiger charge is 2.21. The fourth-order valence-corrected chi connectivity index (χ4v) is 4.94. The van der Waals surface area contributed by atoms with Crippen LogP contribution in [0.1, 0.15) is 13.8 Å². The van der Waals surface area contributed by atoms with Crippen LogP contribution in [-0.4, -0.2) is 68.1 Å². The summed E-state index contributed by atoms with van der Waals surface area (Å²) in [5, 5.41) is 13.6. The Kier molecular flexibility index (Phi) is 7.75. The number of aromatic nitrogens is 6. The third-order valence-electron chi connectivity index (χ3n) is 7.22. The Hall–Kier alpha value is -5.23. The van der Waals surface area contributed by atoms with Crippen LogP contribution in [0.3, 0.4) is 0 Å². The highest BCUT2D eigenvalue weighted by atomic mass is 19.1. The standard InChI is InChI=1S/C32H31F2N9O/c1-17(2)32(44)38-22-13-19(15-35-16-22)23-5-6-25-26(27(23)34)29(42-41-25)31-39-28-24(7-8-37-30(28)40-31)18-11-20(33)14-21(12-18)36-9-10-43(3)4/h5-8,11-17,36H,9-10H2,1-4H3,(H,38,44)(H,41,42)(H,37,39,40). The van der Waals surface area contributed by atoms with Crippen molar-refractivity contribution in [2.75, 3.05) is 37.8 Å². The summed E-state index contributed by atoms with van der Waals surface area (Å²) in [6.07, 6.45) is 4.66. The van der Waals surface area contributed by atoms with Gasteiger partial charge in [-0.05, 0) is 62.1 Å². The number of H-pyrrole nitrogens is 2. The van der Waals surface area contributed by atoms with Crippen LogP contribution in [0.25, 0.3) is 55.8 Å². The van der Waals surface area contributed by atoms with Crippen molar-refractivity contribution in [1.82, 2.24) is 35.0 Å². The summed E-state index contributed by atoms with van der Waals surface area (Å²) in [6, 6.07) is 11.6. The summed E-state index contributed by atoms with van der Waals surface area (Å²) in [5.74, 6) is -0.974. The van der Waals surface area contributed by atoms with Crippen molar-refractivity contribution in [2.24, 2.45) is 5.92 Å². The lowest BCUT2D eigenvalue weighted by Crippen LogP contribution is -2.20. The summed E-state index contributed by atoms with van der Waals surface area (Å²) in [4.78, 5) is 30.7. The van der Waals surface area contributed by atoms with Crippen molar-refractivity contribution in [3.63, 3.8) is 0 Å². The van der Waals surface area contributed by atoms with Crippen molar-refractivity contribution < 1.29 is 13.6 Å². The van der Waals surface area contributed by atoms with E-state index in [0.29, 0.717) is 57.1 Å². The highest BCUT2D eigenvalue weighted by Crippen LogP contribution is 2.36. The van der Waals surface area contributed by atoms with Gasteiger partial charge in [0.1, 0.15) is 17.3 Å². The lowest BCUT2D eigenvalue weighted by Gasteiger charge is -2.13. The molecular weight excluding hydrogens is 564 g/mol. The number of hydrogen-bond acceptors (Lipinski definition) is 7. The number of aromatic amines is 2. The minimum atomic E-state index is -0.521. The molecule has 4 N–H and O–H groups in total. The number of nitrogens with one attached hydrogen (secondary N) is 4. The molecule has 0 saturated carbocycles. The molecule has 0 fully saturated rings. The number of amides is 1. The predicted octanol–water partition coefficient (Wildman–Crippen LogP) is 6.08. The molecule has 44 heavy (non-hydrogen) atoms. The molecule has 0 atom stereocenters. The van der Waals surface area contributed by atoms with E-state index >= 15 is 4.39 Å². The van der Waals surface area contributed by atoms with Gasteiger partial charge in [-0.25, -0.2) is 18.7 Å². The average Bonchev–Trinajstić information content (AvgIpc) is 3.62. The number of hydrogen-bond donors (Lipinski definition) is 4. The van der Waals surface area contributed by atoms with Gasteiger partial charge in [0.05, 0.1) is 28.3 Å². The molecular formula is C32H31F2N9O. The van der Waals surface area contributed by atoms with Gasteiger partial charge < -0.3 is 20.5 Å². The maximum atomic E-state index is 16.2. The Balaban J connectivity index is 1.39. The van der Waals surface area contributed by atoms with Gasteiger partial charge in [-0.2, -0.15) is 5.10 Å². The normalized spacial score (nSPS) is 11.6. The van der Waals surface area contributed by atoms with E-state index in [9.17, 15) is 9.18 Å². The van der Waals surface area contributed by atoms with Crippen molar-refractivity contribution in [3.8, 4) is 33.8 Å². The van der Waals surface area contributed by atoms with Gasteiger partial charge in [0, 0.05) is 53.8 Å². The van der Waals surface area contributed by atoms with Crippen LogP contribution in [-0.2, 0) is 4.79 Å². The molecule has 4 heterocycles. The van der Waals surface area contributed by atoms with E-state index in [1.807, 2.05) is 25.1 Å². The summed E-state index contributed by atoms with van der Waals surface area (Å²) >= 11 is 0. The topological polar surface area (TPSA) is 128 Å². The SMILES string of the molecule is CC(C)C(=O)Nc1cncc(-c2ccc3[nH]nc(-c4nc5nccc(-c6cc(F)cc(NCCN(C)C)c6)c5[nH]4)c3c2F)c1. The van der Waals surface area contributed by atoms with E-state index in [1.165, 1.54) is 24.5 Å². The van der Waals surface area contributed by atoms with Gasteiger partial charge in [0.2, 0.25) is 5.91 Å². The van der Waals surface area contributed by atoms with Crippen molar-refractivity contribution in [1.29, 1.82) is 0 Å². The van der Waals surface area contributed by atoms with Gasteiger partial charge in [0.15, 0.2) is 11.5 Å². The van der Waals surface area contributed by atoms with E-state index in [4.69, 9.17) is 0 Å². The van der Waals surface area contributed by atoms with E-state index in [-0.39, 0.29) is 34.3 Å². The van der Waals surface area contributed by atoms with Crippen LogP contribution in [0, 0.1) is 17.6 Å². The average molecular weight is 596 g/mol. The molecule has 4 aromatic heterocycles. The van der Waals surface area contributed by atoms with Crippen LogP contribution < -0.4 is 10.6 Å². The number of fused-ring (bicyclic) bond motifs is 2. The summed E-state index contributed by atoms with van der Waals surface area (Å²) in [5.41, 5.74) is 4.93. The van der Waals surface area contributed by atoms with Crippen molar-refractivity contribution in [2.45, 2.75) is 13.8 Å². The van der Waals surface area contributed by atoms with Crippen molar-refractivity contribution >= 4 is 39.3 Å². The first kappa shape index (κ1) is 28.9. The number of rotatable bonds is 9. The number of anilines is 2. The highest BCUT2D eigenvalue weighted by molar-refractivity contribution is 5.98. The minimum Gasteiger partial charge on any atom is -0.384 e. The zero-order valence-corrected chi connectivity index (χ0v) is 24.7. The van der Waals surface area contributed by atoms with Crippen LogP contribution >= 0.6 is 0 Å². The van der Waals surface area contributed by atoms with E-state index in [2.05, 4.69) is 40.8 Å². The van der Waals surface area contributed by atoms with Crippen LogP contribution in [0.5, 0.6) is 0 Å². The summed E-state index contributed by atoms with van der Waals surface area (Å²) < 4.78 is 30.9. The molecule has 0 radical (unpaired) electrons. The van der Waals surface area contributed by atoms with E-state index in [1.54, 1.807) is 44.3 Å². The fourth-order valence-electron chi connectivity index (χ4n) is 4.94. The van der Waals surface area contributed by atoms with Crippen LogP contribution in [0.2, 0.25) is 0 Å². The molecule has 0 bridgehead atoms. The number of imidazole rings is 1. The van der Waals surface area contributed by atoms with E-state index in [0.717, 1.165) is 6.54 Å². The zero-order chi connectivity index (χ0) is 31.0. The number of likely N-dealkylation sites (N-methyl/N-ethyl adjacent to an activating group) is 1. The first-order chi connectivity index (χ1) is 21.2. The lowest BCUT2D eigenvalue weighted by molar-refractivity contribution is -0.118. The molecule has 2 aromatic carbocycles. The molecule has 224 valence electrons. The Morgan fingerprint density at radius 1 is 1.00 bits per heavy atom. The molecule has 0 aliphatic heterocycles. The van der Waals surface area contributed by atoms with E-state index < -0.39 is 5.82 Å². The van der Waals surface area contributed by atoms with Gasteiger partial charge in [-0.1, -0.05) is 13.8 Å². The Labute approximate surface area is 252 Å². The van der Waals surface area contributed by atoms with Crippen LogP contribution in [0.15, 0.2) is 61.1 Å². The molecule has 12 heteroatoms. The van der Waals surface area contributed by atoms with Crippen LogP contribution in [0.4, 0.5) is 20.2 Å². The number of benzene rings is 2. The number of carbonyl (C=O) groups is 1. The number of pyridine rings is 2. The number of nitrogens with zero attached hydrogens (tertiary/aromatic N) is 5. The Morgan fingerprint density at radius 2 is 1.82 bits per heavy atom. The Morgan fingerprint density at radius 3 is 2.61 bits per heavy atom. The number of halogens is 2. The summed E-state index contributed by atoms with van der Waals surface area (Å²) in [6.45, 7) is 5.03. The maximum absolute atomic E-state index is 16.2. The van der Waals surface area contributed by atoms with Gasteiger partial charge in [-0.15, -0.1) is 0 Å². The largest absolute Gasteiger partial charge is 0.384 e. The summed E-state index contributed by atoms with van der Waals surface area (Å²) in [7, 11) is 3.95. The predicted molar refractivity (Wildman–Crippen MR) is 168 cm³/mol. The molecule has 6 aromatic rings. The second kappa shape index (κ2) is 11.8. The second-order valence-electron chi connectivity index (χ2n) is 11.1. The molecule has 1 amide bonds. The molecule has 0 aliphatic carbocycles. The van der Waals surface area contributed by atoms with Crippen molar-refractivity contribution in [3.05, 3.63) is 72.7 Å². The van der Waals surface area contributed by atoms with Gasteiger partial charge >= 0.3 is 0 Å². The van der Waals surface area contributed by atoms with Gasteiger partial charge in [-0.3, -0.25) is 14.9 Å². The zero-order valence-electron chi connectivity index (χ0n) is 24.7. The molecule has 10 nitrogen and oxygen atoms in total. The fraction of sp³-hybridized carbons (Fsp3) is 0.219. The Bertz CT molecular complexity index is 2000. The monoisotopic (exact) mass is 595 g/mol. The number of carbonyl (C=O) groups excluding carboxylic acids is 1. The molecule has 0 aliphatic rings. The second-order valence-corrected chi connectivity index (χ2v) is 11.1. The third kappa shape index (κ3) is 5.71. The third-order valence-corrected chi connectivity index (χ3v) is 7.22. The van der Waals surface area contributed by atoms with Gasteiger partial charge in [0.25, 0.3) is 0 Å². The first-order valence-electron chi connectivity index (χ1n) is 14.2.